The molecule has 18 heavy (non-hydrogen) atoms. The van der Waals surface area contributed by atoms with Gasteiger partial charge in [0.05, 0.1) is 30.3 Å². The molecule has 1 aromatic rings. The Morgan fingerprint density at radius 2 is 1.83 bits per heavy atom. The minimum Gasteiger partial charge on any atom is -0.397 e. The van der Waals surface area contributed by atoms with Crippen LogP contribution in [0.2, 0.25) is 0 Å². The zero-order chi connectivity index (χ0) is 13.5. The third kappa shape index (κ3) is 3.05. The predicted molar refractivity (Wildman–Crippen MR) is 76.2 cm³/mol. The second kappa shape index (κ2) is 7.08. The van der Waals surface area contributed by atoms with Gasteiger partial charge in [-0.15, -0.1) is 0 Å². The van der Waals surface area contributed by atoms with Crippen LogP contribution in [-0.4, -0.2) is 43.6 Å². The van der Waals surface area contributed by atoms with E-state index in [-0.39, 0.29) is 13.2 Å². The minimum absolute atomic E-state index is 0.0267. The van der Waals surface area contributed by atoms with E-state index in [0.717, 1.165) is 17.8 Å². The third-order valence-corrected chi connectivity index (χ3v) is 2.98. The molecule has 0 bridgehead atoms. The number of aliphatic hydroxyl groups is 2. The topological polar surface area (TPSA) is 81.8 Å². The van der Waals surface area contributed by atoms with E-state index in [4.69, 9.17) is 15.9 Å². The number of nitrogens with zero attached hydrogens (tertiary/aromatic N) is 1. The smallest absolute Gasteiger partial charge is 0.0839 e. The lowest BCUT2D eigenvalue weighted by atomic mass is 10.1. The second-order valence-electron chi connectivity index (χ2n) is 4.08. The average molecular weight is 253 g/mol. The molecule has 0 saturated carbocycles. The van der Waals surface area contributed by atoms with Crippen molar-refractivity contribution in [3.63, 3.8) is 0 Å². The van der Waals surface area contributed by atoms with Gasteiger partial charge in [0.15, 0.2) is 0 Å². The highest BCUT2D eigenvalue weighted by Crippen LogP contribution is 2.35. The Kier molecular flexibility index (Phi) is 5.74. The molecule has 1 rings (SSSR count). The van der Waals surface area contributed by atoms with Crippen LogP contribution in [0.15, 0.2) is 12.1 Å². The van der Waals surface area contributed by atoms with E-state index in [1.807, 2.05) is 24.1 Å². The van der Waals surface area contributed by atoms with Crippen molar-refractivity contribution in [3.8, 4) is 0 Å². The molecule has 0 aliphatic heterocycles. The standard InChI is InChI=1S/C13H23N3O2/c1-3-10-4-5-11(14)13(12(10)15-2)16(6-8-17)7-9-18/h4-5,15,17-18H,3,6-9,14H2,1-2H3. The number of nitrogen functional groups attached to an aromatic ring is 1. The van der Waals surface area contributed by atoms with Gasteiger partial charge in [0, 0.05) is 20.1 Å². The zero-order valence-corrected chi connectivity index (χ0v) is 11.1. The number of hydrogen-bond donors (Lipinski definition) is 4. The number of aryl methyl sites for hydroxylation is 1. The lowest BCUT2D eigenvalue weighted by molar-refractivity contribution is 0.281. The molecule has 0 unspecified atom stereocenters. The van der Waals surface area contributed by atoms with Crippen LogP contribution in [0, 0.1) is 0 Å². The number of rotatable bonds is 7. The highest BCUT2D eigenvalue weighted by atomic mass is 16.3. The van der Waals surface area contributed by atoms with Gasteiger partial charge < -0.3 is 26.2 Å². The van der Waals surface area contributed by atoms with Gasteiger partial charge >= 0.3 is 0 Å². The van der Waals surface area contributed by atoms with Crippen LogP contribution >= 0.6 is 0 Å². The molecule has 0 amide bonds. The first-order valence-electron chi connectivity index (χ1n) is 6.25. The van der Waals surface area contributed by atoms with Gasteiger partial charge in [-0.1, -0.05) is 13.0 Å². The summed E-state index contributed by atoms with van der Waals surface area (Å²) in [6.45, 7) is 3.04. The zero-order valence-electron chi connectivity index (χ0n) is 11.1. The van der Waals surface area contributed by atoms with Gasteiger partial charge in [0.25, 0.3) is 0 Å². The average Bonchev–Trinajstić information content (AvgIpc) is 2.38. The lowest BCUT2D eigenvalue weighted by Gasteiger charge is -2.28. The summed E-state index contributed by atoms with van der Waals surface area (Å²) in [5, 5.41) is 21.4. The van der Waals surface area contributed by atoms with Crippen LogP contribution in [-0.2, 0) is 6.42 Å². The first-order valence-corrected chi connectivity index (χ1v) is 6.25. The van der Waals surface area contributed by atoms with Crippen molar-refractivity contribution in [2.75, 3.05) is 49.3 Å². The monoisotopic (exact) mass is 253 g/mol. The number of benzene rings is 1. The second-order valence-corrected chi connectivity index (χ2v) is 4.08. The lowest BCUT2D eigenvalue weighted by Crippen LogP contribution is -2.31. The Labute approximate surface area is 108 Å². The normalized spacial score (nSPS) is 10.4. The molecule has 5 N–H and O–H groups in total. The molecule has 0 atom stereocenters. The van der Waals surface area contributed by atoms with Crippen LogP contribution in [0.1, 0.15) is 12.5 Å². The summed E-state index contributed by atoms with van der Waals surface area (Å²) in [5.74, 6) is 0. The molecule has 5 nitrogen and oxygen atoms in total. The predicted octanol–water partition coefficient (Wildman–Crippen LogP) is 0.664. The largest absolute Gasteiger partial charge is 0.397 e. The molecular formula is C13H23N3O2. The number of anilines is 3. The quantitative estimate of drug-likeness (QED) is 0.537. The van der Waals surface area contributed by atoms with Crippen molar-refractivity contribution in [1.29, 1.82) is 0 Å². The Balaban J connectivity index is 3.24. The number of hydrogen-bond acceptors (Lipinski definition) is 5. The fraction of sp³-hybridized carbons (Fsp3) is 0.538. The molecule has 5 heteroatoms. The summed E-state index contributed by atoms with van der Waals surface area (Å²) in [6, 6.07) is 3.87. The van der Waals surface area contributed by atoms with Gasteiger partial charge in [0.2, 0.25) is 0 Å². The molecular weight excluding hydrogens is 230 g/mol. The van der Waals surface area contributed by atoms with Crippen LogP contribution < -0.4 is 16.0 Å². The third-order valence-electron chi connectivity index (χ3n) is 2.98. The maximum Gasteiger partial charge on any atom is 0.0839 e. The fourth-order valence-electron chi connectivity index (χ4n) is 2.14. The number of nitrogens with one attached hydrogen (secondary N) is 1. The van der Waals surface area contributed by atoms with Crippen LogP contribution in [0.25, 0.3) is 0 Å². The molecule has 0 heterocycles. The van der Waals surface area contributed by atoms with Crippen molar-refractivity contribution in [2.45, 2.75) is 13.3 Å². The van der Waals surface area contributed by atoms with E-state index in [1.54, 1.807) is 0 Å². The molecule has 1 aromatic carbocycles. The van der Waals surface area contributed by atoms with Gasteiger partial charge in [-0.25, -0.2) is 0 Å². The summed E-state index contributed by atoms with van der Waals surface area (Å²) in [4.78, 5) is 1.90. The molecule has 0 spiro atoms. The van der Waals surface area contributed by atoms with Gasteiger partial charge in [-0.2, -0.15) is 0 Å². The van der Waals surface area contributed by atoms with E-state index < -0.39 is 0 Å². The van der Waals surface area contributed by atoms with Crippen molar-refractivity contribution in [3.05, 3.63) is 17.7 Å². The van der Waals surface area contributed by atoms with Gasteiger partial charge in [-0.3, -0.25) is 0 Å². The molecule has 102 valence electrons. The molecule has 0 aromatic heterocycles. The van der Waals surface area contributed by atoms with Crippen LogP contribution in [0.3, 0.4) is 0 Å². The van der Waals surface area contributed by atoms with Gasteiger partial charge in [-0.05, 0) is 18.1 Å². The Hall–Kier alpha value is -1.46. The minimum atomic E-state index is 0.0267. The number of aliphatic hydroxyl groups excluding tert-OH is 2. The maximum atomic E-state index is 9.12. The van der Waals surface area contributed by atoms with Crippen LogP contribution in [0.5, 0.6) is 0 Å². The Morgan fingerprint density at radius 1 is 1.22 bits per heavy atom. The van der Waals surface area contributed by atoms with Crippen molar-refractivity contribution >= 4 is 17.1 Å². The molecule has 0 radical (unpaired) electrons. The summed E-state index contributed by atoms with van der Waals surface area (Å²) in [6.07, 6.45) is 0.898. The van der Waals surface area contributed by atoms with Gasteiger partial charge in [0.1, 0.15) is 0 Å². The fourth-order valence-corrected chi connectivity index (χ4v) is 2.14. The SMILES string of the molecule is CCc1ccc(N)c(N(CCO)CCO)c1NC. The van der Waals surface area contributed by atoms with E-state index in [2.05, 4.69) is 12.2 Å². The molecule has 0 fully saturated rings. The van der Waals surface area contributed by atoms with Crippen molar-refractivity contribution in [1.82, 2.24) is 0 Å². The Bertz CT molecular complexity index is 377. The van der Waals surface area contributed by atoms with E-state index in [9.17, 15) is 0 Å². The highest BCUT2D eigenvalue weighted by molar-refractivity contribution is 5.84. The summed E-state index contributed by atoms with van der Waals surface area (Å²) in [5.41, 5.74) is 9.69. The first kappa shape index (κ1) is 14.6. The summed E-state index contributed by atoms with van der Waals surface area (Å²) >= 11 is 0. The molecule has 0 aliphatic rings. The van der Waals surface area contributed by atoms with Crippen molar-refractivity contribution < 1.29 is 10.2 Å². The molecule has 0 saturated heterocycles. The first-order chi connectivity index (χ1) is 8.69. The summed E-state index contributed by atoms with van der Waals surface area (Å²) < 4.78 is 0. The van der Waals surface area contributed by atoms with E-state index in [0.29, 0.717) is 18.8 Å². The van der Waals surface area contributed by atoms with Crippen molar-refractivity contribution in [2.24, 2.45) is 0 Å². The molecule has 0 aliphatic carbocycles. The van der Waals surface area contributed by atoms with Crippen LogP contribution in [0.4, 0.5) is 17.1 Å². The highest BCUT2D eigenvalue weighted by Gasteiger charge is 2.16. The Morgan fingerprint density at radius 3 is 2.28 bits per heavy atom. The maximum absolute atomic E-state index is 9.12. The number of nitrogens with two attached hydrogens (primary N) is 1. The summed E-state index contributed by atoms with van der Waals surface area (Å²) in [7, 11) is 1.85. The van der Waals surface area contributed by atoms with E-state index >= 15 is 0 Å². The van der Waals surface area contributed by atoms with E-state index in [1.165, 1.54) is 5.56 Å².